The molecule has 0 fully saturated rings. The molecule has 1 N–H and O–H groups in total. The Morgan fingerprint density at radius 1 is 1.30 bits per heavy atom. The van der Waals surface area contributed by atoms with Crippen LogP contribution in [0.4, 0.5) is 4.39 Å². The van der Waals surface area contributed by atoms with Gasteiger partial charge in [-0.1, -0.05) is 0 Å². The van der Waals surface area contributed by atoms with Crippen LogP contribution in [0.5, 0.6) is 11.8 Å². The lowest BCUT2D eigenvalue weighted by Crippen LogP contribution is -2.26. The number of nitrogens with zero attached hydrogens (tertiary/aromatic N) is 5. The molecule has 0 amide bonds. The predicted molar refractivity (Wildman–Crippen MR) is 116 cm³/mol. The number of carbonyl (C=O) groups is 1. The Hall–Kier alpha value is -3.60. The van der Waals surface area contributed by atoms with E-state index < -0.39 is 29.7 Å². The van der Waals surface area contributed by atoms with E-state index in [2.05, 4.69) is 15.1 Å². The quantitative estimate of drug-likeness (QED) is 0.482. The van der Waals surface area contributed by atoms with Crippen LogP contribution in [0.25, 0.3) is 5.82 Å². The number of aromatic nitrogens is 5. The number of aliphatic hydroxyl groups is 1. The van der Waals surface area contributed by atoms with Crippen molar-refractivity contribution >= 4 is 5.78 Å². The van der Waals surface area contributed by atoms with Crippen molar-refractivity contribution in [2.24, 2.45) is 0 Å². The topological polar surface area (TPSA) is 121 Å². The normalized spacial score (nSPS) is 11.2. The molecule has 0 radical (unpaired) electrons. The van der Waals surface area contributed by atoms with Crippen LogP contribution in [0, 0.1) is 12.7 Å². The summed E-state index contributed by atoms with van der Waals surface area (Å²) in [6.45, 7) is 6.70. The van der Waals surface area contributed by atoms with E-state index in [0.29, 0.717) is 11.4 Å². The summed E-state index contributed by atoms with van der Waals surface area (Å²) in [6, 6.07) is 2.63. The molecule has 3 heterocycles. The molecule has 0 unspecified atom stereocenters. The second-order valence-electron chi connectivity index (χ2n) is 7.58. The van der Waals surface area contributed by atoms with Gasteiger partial charge in [0, 0.05) is 25.2 Å². The molecule has 0 aliphatic carbocycles. The van der Waals surface area contributed by atoms with Gasteiger partial charge in [-0.25, -0.2) is 14.2 Å². The zero-order chi connectivity index (χ0) is 24.3. The molecule has 10 nitrogen and oxygen atoms in total. The summed E-state index contributed by atoms with van der Waals surface area (Å²) < 4.78 is 27.9. The number of methoxy groups -OCH3 is 1. The third-order valence-electron chi connectivity index (χ3n) is 4.92. The highest BCUT2D eigenvalue weighted by atomic mass is 19.1. The molecular formula is C22H26FN5O5. The molecule has 33 heavy (non-hydrogen) atoms. The number of aliphatic hydroxyl groups excluding tert-OH is 1. The summed E-state index contributed by atoms with van der Waals surface area (Å²) in [6.07, 6.45) is 1.16. The second-order valence-corrected chi connectivity index (χ2v) is 7.58. The molecule has 0 aromatic carbocycles. The van der Waals surface area contributed by atoms with Gasteiger partial charge in [-0.3, -0.25) is 9.36 Å². The fraction of sp³-hybridized carbons (Fsp3) is 0.409. The SMILES string of the molecule is CCn1c(CO)nn(-c2nc(OC(C)C)c(C(=O)Cc3cc(OC)ncc3C)cc2F)c1=O. The lowest BCUT2D eigenvalue weighted by atomic mass is 10.0. The Kier molecular flexibility index (Phi) is 7.22. The van der Waals surface area contributed by atoms with Crippen LogP contribution >= 0.6 is 0 Å². The van der Waals surface area contributed by atoms with E-state index in [1.54, 1.807) is 40.0 Å². The van der Waals surface area contributed by atoms with Gasteiger partial charge in [0.15, 0.2) is 23.2 Å². The summed E-state index contributed by atoms with van der Waals surface area (Å²) in [4.78, 5) is 34.0. The Morgan fingerprint density at radius 3 is 2.61 bits per heavy atom. The van der Waals surface area contributed by atoms with Crippen molar-refractivity contribution in [2.75, 3.05) is 7.11 Å². The molecule has 0 spiro atoms. The minimum atomic E-state index is -0.925. The van der Waals surface area contributed by atoms with Crippen molar-refractivity contribution < 1.29 is 23.8 Å². The van der Waals surface area contributed by atoms with Gasteiger partial charge in [0.25, 0.3) is 0 Å². The zero-order valence-electron chi connectivity index (χ0n) is 19.1. The van der Waals surface area contributed by atoms with Crippen molar-refractivity contribution in [3.8, 4) is 17.6 Å². The number of carbonyl (C=O) groups excluding carboxylic acids is 1. The van der Waals surface area contributed by atoms with Crippen molar-refractivity contribution in [1.82, 2.24) is 24.3 Å². The van der Waals surface area contributed by atoms with E-state index in [1.165, 1.54) is 11.7 Å². The molecule has 11 heteroatoms. The molecule has 0 saturated carbocycles. The number of hydrogen-bond acceptors (Lipinski definition) is 8. The highest BCUT2D eigenvalue weighted by Crippen LogP contribution is 2.25. The van der Waals surface area contributed by atoms with Gasteiger partial charge in [0.2, 0.25) is 11.8 Å². The van der Waals surface area contributed by atoms with Gasteiger partial charge in [-0.2, -0.15) is 9.67 Å². The smallest absolute Gasteiger partial charge is 0.352 e. The lowest BCUT2D eigenvalue weighted by molar-refractivity contribution is 0.0985. The first-order chi connectivity index (χ1) is 15.7. The molecule has 0 bridgehead atoms. The number of aryl methyl sites for hydroxylation is 1. The van der Waals surface area contributed by atoms with Crippen molar-refractivity contribution in [3.63, 3.8) is 0 Å². The second kappa shape index (κ2) is 9.90. The first-order valence-electron chi connectivity index (χ1n) is 10.4. The molecule has 0 aliphatic heterocycles. The number of ether oxygens (including phenoxy) is 2. The van der Waals surface area contributed by atoms with Crippen LogP contribution in [0.2, 0.25) is 0 Å². The Labute approximate surface area is 189 Å². The van der Waals surface area contributed by atoms with Gasteiger partial charge in [0.1, 0.15) is 6.61 Å². The van der Waals surface area contributed by atoms with E-state index in [9.17, 15) is 14.7 Å². The minimum Gasteiger partial charge on any atom is -0.481 e. The van der Waals surface area contributed by atoms with Crippen molar-refractivity contribution in [2.45, 2.75) is 53.4 Å². The van der Waals surface area contributed by atoms with E-state index in [0.717, 1.165) is 16.3 Å². The number of ketones is 1. The van der Waals surface area contributed by atoms with E-state index >= 15 is 4.39 Å². The number of hydrogen-bond donors (Lipinski definition) is 1. The molecule has 3 rings (SSSR count). The van der Waals surface area contributed by atoms with Crippen LogP contribution in [-0.4, -0.2) is 48.4 Å². The molecule has 3 aromatic rings. The average molecular weight is 459 g/mol. The lowest BCUT2D eigenvalue weighted by Gasteiger charge is -2.15. The third kappa shape index (κ3) is 4.92. The molecule has 3 aromatic heterocycles. The van der Waals surface area contributed by atoms with Crippen LogP contribution < -0.4 is 15.2 Å². The zero-order valence-corrected chi connectivity index (χ0v) is 19.1. The van der Waals surface area contributed by atoms with Gasteiger partial charge >= 0.3 is 5.69 Å². The third-order valence-corrected chi connectivity index (χ3v) is 4.92. The monoisotopic (exact) mass is 459 g/mol. The fourth-order valence-corrected chi connectivity index (χ4v) is 3.25. The molecule has 0 aliphatic rings. The standard InChI is InChI=1S/C22H26FN5O5/c1-6-27-18(11-29)26-28(22(27)31)20-16(23)9-15(21(25-20)33-12(2)3)17(30)7-14-8-19(32-5)24-10-13(14)4/h8-10,12,29H,6-7,11H2,1-5H3. The number of rotatable bonds is 9. The molecule has 176 valence electrons. The maximum atomic E-state index is 15.1. The highest BCUT2D eigenvalue weighted by Gasteiger charge is 2.24. The van der Waals surface area contributed by atoms with Crippen molar-refractivity contribution in [3.05, 3.63) is 57.1 Å². The Bertz CT molecular complexity index is 1230. The maximum Gasteiger partial charge on any atom is 0.352 e. The van der Waals surface area contributed by atoms with Gasteiger partial charge in [-0.15, -0.1) is 5.10 Å². The Morgan fingerprint density at radius 2 is 2.03 bits per heavy atom. The van der Waals surface area contributed by atoms with Gasteiger partial charge in [-0.05, 0) is 44.9 Å². The average Bonchev–Trinajstić information content (AvgIpc) is 3.10. The first-order valence-corrected chi connectivity index (χ1v) is 10.4. The van der Waals surface area contributed by atoms with Crippen molar-refractivity contribution in [1.29, 1.82) is 0 Å². The van der Waals surface area contributed by atoms with Crippen LogP contribution in [0.15, 0.2) is 23.1 Å². The molecular weight excluding hydrogens is 433 g/mol. The summed E-state index contributed by atoms with van der Waals surface area (Å²) in [5.41, 5.74) is 0.707. The van der Waals surface area contributed by atoms with E-state index in [4.69, 9.17) is 9.47 Å². The first kappa shape index (κ1) is 24.1. The highest BCUT2D eigenvalue weighted by molar-refractivity contribution is 5.99. The fourth-order valence-electron chi connectivity index (χ4n) is 3.25. The summed E-state index contributed by atoms with van der Waals surface area (Å²) in [5.74, 6) is -1.47. The van der Waals surface area contributed by atoms with E-state index in [1.807, 2.05) is 0 Å². The van der Waals surface area contributed by atoms with Crippen LogP contribution in [-0.2, 0) is 19.6 Å². The largest absolute Gasteiger partial charge is 0.481 e. The number of pyridine rings is 2. The number of Topliss-reactive ketones (excluding diaryl/α,β-unsaturated/α-hetero) is 1. The maximum absolute atomic E-state index is 15.1. The summed E-state index contributed by atoms with van der Waals surface area (Å²) in [5, 5.41) is 13.4. The van der Waals surface area contributed by atoms with Gasteiger partial charge < -0.3 is 14.6 Å². The van der Waals surface area contributed by atoms with E-state index in [-0.39, 0.29) is 36.3 Å². The molecule has 0 saturated heterocycles. The van der Waals surface area contributed by atoms with Crippen LogP contribution in [0.1, 0.15) is 48.1 Å². The van der Waals surface area contributed by atoms with Gasteiger partial charge in [0.05, 0.1) is 18.8 Å². The summed E-state index contributed by atoms with van der Waals surface area (Å²) in [7, 11) is 1.47. The molecule has 0 atom stereocenters. The predicted octanol–water partition coefficient (Wildman–Crippen LogP) is 2.00. The van der Waals surface area contributed by atoms with Crippen LogP contribution in [0.3, 0.4) is 0 Å². The Balaban J connectivity index is 2.09. The summed E-state index contributed by atoms with van der Waals surface area (Å²) >= 11 is 0. The minimum absolute atomic E-state index is 0.0568. The number of halogens is 1.